The zero-order valence-corrected chi connectivity index (χ0v) is 19.6. The molecule has 2 amide bonds. The van der Waals surface area contributed by atoms with Crippen molar-refractivity contribution in [2.75, 3.05) is 32.1 Å². The van der Waals surface area contributed by atoms with Crippen LogP contribution >= 0.6 is 0 Å². The van der Waals surface area contributed by atoms with E-state index in [9.17, 15) is 4.79 Å². The first-order chi connectivity index (χ1) is 15.5. The first kappa shape index (κ1) is 24.0. The van der Waals surface area contributed by atoms with Crippen molar-refractivity contribution in [3.05, 3.63) is 30.6 Å². The number of ether oxygens (including phenoxy) is 1. The number of piperidine rings is 1. The Bertz CT molecular complexity index is 930. The van der Waals surface area contributed by atoms with Crippen LogP contribution in [-0.2, 0) is 0 Å². The molecule has 2 aromatic rings. The molecule has 7 heteroatoms. The molecular formula is C25H37N5O2. The molecule has 32 heavy (non-hydrogen) atoms. The van der Waals surface area contributed by atoms with Crippen LogP contribution in [-0.4, -0.2) is 48.5 Å². The summed E-state index contributed by atoms with van der Waals surface area (Å²) in [4.78, 5) is 23.5. The average molecular weight is 440 g/mol. The number of nitrogens with zero attached hydrogens (tertiary/aromatic N) is 3. The highest BCUT2D eigenvalue weighted by atomic mass is 16.5. The van der Waals surface area contributed by atoms with E-state index in [1.165, 1.54) is 25.7 Å². The summed E-state index contributed by atoms with van der Waals surface area (Å²) in [6, 6.07) is 5.03. The van der Waals surface area contributed by atoms with E-state index in [0.29, 0.717) is 17.3 Å². The van der Waals surface area contributed by atoms with Crippen molar-refractivity contribution in [2.45, 2.75) is 52.4 Å². The maximum absolute atomic E-state index is 12.6. The minimum absolute atomic E-state index is 0.123. The summed E-state index contributed by atoms with van der Waals surface area (Å²) in [6.07, 6.45) is 10.5. The predicted molar refractivity (Wildman–Crippen MR) is 131 cm³/mol. The van der Waals surface area contributed by atoms with Gasteiger partial charge in [-0.15, -0.1) is 0 Å². The lowest BCUT2D eigenvalue weighted by Gasteiger charge is -2.33. The minimum Gasteiger partial charge on any atom is -0.496 e. The summed E-state index contributed by atoms with van der Waals surface area (Å²) in [6.45, 7) is 7.62. The number of pyridine rings is 1. The Labute approximate surface area is 191 Å². The standard InChI is InChI=1S/C25H37N5O2/c1-4-7-18(5-2)12-15-30-14-6-8-19(17-30)24(26)29-25(31)28-22-9-10-23(32-3)21-16-27-13-11-20(21)22/h9-11,13,16,18-19H,4-8,12,14-15,17H2,1-3H3,(H3,26,28,29,31)/t18?,19-/m0/s1. The molecule has 2 atom stereocenters. The van der Waals surface area contributed by atoms with Gasteiger partial charge in [0.25, 0.3) is 0 Å². The zero-order valence-electron chi connectivity index (χ0n) is 19.6. The fourth-order valence-corrected chi connectivity index (χ4v) is 4.63. The number of methoxy groups -OCH3 is 1. The molecule has 1 saturated heterocycles. The van der Waals surface area contributed by atoms with Crippen LogP contribution in [0.25, 0.3) is 10.8 Å². The van der Waals surface area contributed by atoms with Crippen LogP contribution in [0, 0.1) is 11.8 Å². The highest BCUT2D eigenvalue weighted by Gasteiger charge is 2.24. The summed E-state index contributed by atoms with van der Waals surface area (Å²) >= 11 is 0. The molecule has 1 unspecified atom stereocenters. The van der Waals surface area contributed by atoms with Crippen LogP contribution in [0.1, 0.15) is 52.4 Å². The second-order valence-electron chi connectivity index (χ2n) is 8.69. The summed E-state index contributed by atoms with van der Waals surface area (Å²) in [5.74, 6) is 2.05. The number of amides is 2. The third kappa shape index (κ3) is 6.19. The number of nitrogens with two attached hydrogens (primary N) is 1. The quantitative estimate of drug-likeness (QED) is 0.421. The Hall–Kier alpha value is -2.67. The van der Waals surface area contributed by atoms with Gasteiger partial charge in [0.05, 0.1) is 12.8 Å². The van der Waals surface area contributed by atoms with Gasteiger partial charge >= 0.3 is 6.03 Å². The molecule has 0 aliphatic carbocycles. The Kier molecular flexibility index (Phi) is 8.85. The van der Waals surface area contributed by atoms with Gasteiger partial charge < -0.3 is 20.7 Å². The lowest BCUT2D eigenvalue weighted by molar-refractivity contribution is 0.188. The van der Waals surface area contributed by atoms with Crippen molar-refractivity contribution in [3.8, 4) is 5.75 Å². The minimum atomic E-state index is -0.447. The van der Waals surface area contributed by atoms with E-state index >= 15 is 0 Å². The summed E-state index contributed by atoms with van der Waals surface area (Å²) < 4.78 is 5.39. The topological polar surface area (TPSA) is 92.8 Å². The largest absolute Gasteiger partial charge is 0.496 e. The van der Waals surface area contributed by atoms with Gasteiger partial charge in [0.2, 0.25) is 0 Å². The van der Waals surface area contributed by atoms with Gasteiger partial charge in [-0.2, -0.15) is 4.99 Å². The van der Waals surface area contributed by atoms with Crippen LogP contribution in [0.3, 0.4) is 0 Å². The van der Waals surface area contributed by atoms with Crippen molar-refractivity contribution in [2.24, 2.45) is 22.6 Å². The molecule has 1 fully saturated rings. The fourth-order valence-electron chi connectivity index (χ4n) is 4.63. The van der Waals surface area contributed by atoms with Crippen LogP contribution in [0.5, 0.6) is 5.75 Å². The van der Waals surface area contributed by atoms with Crippen molar-refractivity contribution in [1.82, 2.24) is 9.88 Å². The molecule has 1 aromatic heterocycles. The molecule has 2 heterocycles. The van der Waals surface area contributed by atoms with E-state index in [1.807, 2.05) is 18.2 Å². The highest BCUT2D eigenvalue weighted by Crippen LogP contribution is 2.31. The number of aliphatic imine (C=N–C) groups is 1. The molecule has 7 nitrogen and oxygen atoms in total. The maximum atomic E-state index is 12.6. The van der Waals surface area contributed by atoms with Gasteiger partial charge in [-0.1, -0.05) is 33.1 Å². The number of rotatable bonds is 9. The second kappa shape index (κ2) is 11.8. The lowest BCUT2D eigenvalue weighted by atomic mass is 9.94. The molecule has 1 aromatic carbocycles. The normalized spacial score (nSPS) is 18.5. The number of benzene rings is 1. The molecule has 3 rings (SSSR count). The van der Waals surface area contributed by atoms with Gasteiger partial charge in [0, 0.05) is 35.6 Å². The monoisotopic (exact) mass is 439 g/mol. The SMILES string of the molecule is CCCC(CC)CCN1CCC[C@H](/C(N)=N/C(=O)Nc2ccc(OC)c3cnccc23)C1. The van der Waals surface area contributed by atoms with Crippen molar-refractivity contribution in [3.63, 3.8) is 0 Å². The summed E-state index contributed by atoms with van der Waals surface area (Å²) in [5.41, 5.74) is 6.95. The molecule has 1 aliphatic heterocycles. The Morgan fingerprint density at radius 1 is 1.31 bits per heavy atom. The number of hydrogen-bond acceptors (Lipinski definition) is 4. The number of likely N-dealkylation sites (tertiary alicyclic amines) is 1. The van der Waals surface area contributed by atoms with Crippen LogP contribution in [0.2, 0.25) is 0 Å². The van der Waals surface area contributed by atoms with Crippen molar-refractivity contribution >= 4 is 28.3 Å². The van der Waals surface area contributed by atoms with Crippen LogP contribution < -0.4 is 15.8 Å². The molecule has 3 N–H and O–H groups in total. The van der Waals surface area contributed by atoms with Gasteiger partial charge in [-0.3, -0.25) is 4.98 Å². The summed E-state index contributed by atoms with van der Waals surface area (Å²) in [5, 5.41) is 4.56. The van der Waals surface area contributed by atoms with E-state index in [4.69, 9.17) is 10.5 Å². The number of nitrogens with one attached hydrogen (secondary N) is 1. The molecular weight excluding hydrogens is 402 g/mol. The van der Waals surface area contributed by atoms with Gasteiger partial charge in [-0.25, -0.2) is 4.79 Å². The van der Waals surface area contributed by atoms with Crippen LogP contribution in [0.4, 0.5) is 10.5 Å². The number of aromatic nitrogens is 1. The van der Waals surface area contributed by atoms with Gasteiger partial charge in [0.15, 0.2) is 0 Å². The van der Waals surface area contributed by atoms with E-state index in [1.54, 1.807) is 19.5 Å². The van der Waals surface area contributed by atoms with Crippen molar-refractivity contribution in [1.29, 1.82) is 0 Å². The maximum Gasteiger partial charge on any atom is 0.347 e. The van der Waals surface area contributed by atoms with E-state index in [0.717, 1.165) is 49.2 Å². The van der Waals surface area contributed by atoms with Crippen molar-refractivity contribution < 1.29 is 9.53 Å². The molecule has 0 spiro atoms. The fraction of sp³-hybridized carbons (Fsp3) is 0.560. The van der Waals surface area contributed by atoms with Crippen LogP contribution in [0.15, 0.2) is 35.6 Å². The first-order valence-corrected chi connectivity index (χ1v) is 11.8. The van der Waals surface area contributed by atoms with E-state index in [-0.39, 0.29) is 5.92 Å². The highest BCUT2D eigenvalue weighted by molar-refractivity contribution is 6.06. The number of amidine groups is 1. The molecule has 0 saturated carbocycles. The number of carbonyl (C=O) groups is 1. The Morgan fingerprint density at radius 3 is 2.91 bits per heavy atom. The average Bonchev–Trinajstić information content (AvgIpc) is 2.82. The third-order valence-corrected chi connectivity index (χ3v) is 6.52. The van der Waals surface area contributed by atoms with E-state index < -0.39 is 6.03 Å². The number of fused-ring (bicyclic) bond motifs is 1. The smallest absolute Gasteiger partial charge is 0.347 e. The lowest BCUT2D eigenvalue weighted by Crippen LogP contribution is -2.42. The van der Waals surface area contributed by atoms with Gasteiger partial charge in [0.1, 0.15) is 11.6 Å². The predicted octanol–water partition coefficient (Wildman–Crippen LogP) is 5.06. The summed E-state index contributed by atoms with van der Waals surface area (Å²) in [7, 11) is 1.62. The van der Waals surface area contributed by atoms with Gasteiger partial charge in [-0.05, 0) is 56.5 Å². The molecule has 174 valence electrons. The molecule has 1 aliphatic rings. The molecule has 0 bridgehead atoms. The Balaban J connectivity index is 1.62. The number of urea groups is 1. The molecule has 0 radical (unpaired) electrons. The number of anilines is 1. The second-order valence-corrected chi connectivity index (χ2v) is 8.69. The van der Waals surface area contributed by atoms with E-state index in [2.05, 4.69) is 34.0 Å². The first-order valence-electron chi connectivity index (χ1n) is 11.8. The number of carbonyl (C=O) groups excluding carboxylic acids is 1. The Morgan fingerprint density at radius 2 is 2.16 bits per heavy atom. The number of hydrogen-bond donors (Lipinski definition) is 2. The zero-order chi connectivity index (χ0) is 22.9. The third-order valence-electron chi connectivity index (χ3n) is 6.52.